The Morgan fingerprint density at radius 2 is 2.22 bits per heavy atom. The molecular formula is C14H18N2O2. The van der Waals surface area contributed by atoms with E-state index in [9.17, 15) is 5.11 Å². The molecule has 2 unspecified atom stereocenters. The molecule has 4 heteroatoms. The van der Waals surface area contributed by atoms with E-state index in [4.69, 9.17) is 10.00 Å². The number of benzene rings is 1. The van der Waals surface area contributed by atoms with Gasteiger partial charge in [0, 0.05) is 19.6 Å². The fourth-order valence-corrected chi connectivity index (χ4v) is 2.25. The van der Waals surface area contributed by atoms with Crippen LogP contribution in [0.5, 0.6) is 0 Å². The smallest absolute Gasteiger partial charge is 0.156 e. The average molecular weight is 246 g/mol. The zero-order chi connectivity index (χ0) is 13.0. The number of morpholine rings is 1. The minimum atomic E-state index is -0.904. The van der Waals surface area contributed by atoms with Crippen LogP contribution < -0.4 is 0 Å². The lowest BCUT2D eigenvalue weighted by molar-refractivity contribution is -0.0438. The molecule has 1 heterocycles. The molecule has 0 saturated carbocycles. The average Bonchev–Trinajstić information content (AvgIpc) is 2.39. The first kappa shape index (κ1) is 13.0. The summed E-state index contributed by atoms with van der Waals surface area (Å²) in [4.78, 5) is 2.07. The second-order valence-electron chi connectivity index (χ2n) is 4.86. The predicted octanol–water partition coefficient (Wildman–Crippen LogP) is 1.12. The highest BCUT2D eigenvalue weighted by Crippen LogP contribution is 2.22. The molecule has 2 rings (SSSR count). The predicted molar refractivity (Wildman–Crippen MR) is 67.8 cm³/mol. The maximum Gasteiger partial charge on any atom is 0.156 e. The van der Waals surface area contributed by atoms with Crippen molar-refractivity contribution in [2.45, 2.75) is 18.6 Å². The van der Waals surface area contributed by atoms with E-state index in [1.165, 1.54) is 0 Å². The summed E-state index contributed by atoms with van der Waals surface area (Å²) in [6.07, 6.45) is -0.384. The fourth-order valence-electron chi connectivity index (χ4n) is 2.25. The third-order valence-electron chi connectivity index (χ3n) is 3.22. The van der Waals surface area contributed by atoms with Crippen LogP contribution in [-0.2, 0) is 10.3 Å². The maximum atomic E-state index is 10.5. The zero-order valence-corrected chi connectivity index (χ0v) is 10.5. The van der Waals surface area contributed by atoms with Gasteiger partial charge in [-0.05, 0) is 12.5 Å². The normalized spacial score (nSPS) is 24.2. The van der Waals surface area contributed by atoms with Crippen LogP contribution in [0.3, 0.4) is 0 Å². The molecule has 0 aliphatic carbocycles. The molecule has 1 aliphatic rings. The summed E-state index contributed by atoms with van der Waals surface area (Å²) in [6, 6.07) is 11.7. The molecule has 1 aromatic carbocycles. The Balaban J connectivity index is 2.02. The summed E-state index contributed by atoms with van der Waals surface area (Å²) in [5.41, 5.74) is -0.0106. The van der Waals surface area contributed by atoms with E-state index in [0.717, 1.165) is 12.1 Å². The van der Waals surface area contributed by atoms with Gasteiger partial charge in [0.1, 0.15) is 0 Å². The largest absolute Gasteiger partial charge is 0.384 e. The highest BCUT2D eigenvalue weighted by Gasteiger charge is 2.29. The van der Waals surface area contributed by atoms with Crippen molar-refractivity contribution < 1.29 is 9.84 Å². The van der Waals surface area contributed by atoms with Crippen LogP contribution in [0.4, 0.5) is 0 Å². The lowest BCUT2D eigenvalue weighted by Gasteiger charge is -2.35. The Kier molecular flexibility index (Phi) is 3.97. The molecule has 2 atom stereocenters. The Bertz CT molecular complexity index is 425. The Morgan fingerprint density at radius 3 is 2.89 bits per heavy atom. The first-order valence-corrected chi connectivity index (χ1v) is 6.13. The topological polar surface area (TPSA) is 56.5 Å². The van der Waals surface area contributed by atoms with Crippen LogP contribution in [0.2, 0.25) is 0 Å². The van der Waals surface area contributed by atoms with Crippen LogP contribution in [0.15, 0.2) is 30.3 Å². The van der Waals surface area contributed by atoms with E-state index in [1.54, 1.807) is 6.92 Å². The van der Waals surface area contributed by atoms with Crippen molar-refractivity contribution in [3.05, 3.63) is 35.9 Å². The van der Waals surface area contributed by atoms with Crippen LogP contribution in [0.1, 0.15) is 12.5 Å². The van der Waals surface area contributed by atoms with Gasteiger partial charge in [-0.15, -0.1) is 0 Å². The van der Waals surface area contributed by atoms with Crippen LogP contribution in [-0.4, -0.2) is 42.4 Å². The van der Waals surface area contributed by atoms with Crippen molar-refractivity contribution >= 4 is 0 Å². The molecule has 0 spiro atoms. The van der Waals surface area contributed by atoms with Gasteiger partial charge in [0.2, 0.25) is 0 Å². The van der Waals surface area contributed by atoms with E-state index < -0.39 is 5.60 Å². The molecule has 1 N–H and O–H groups in total. The van der Waals surface area contributed by atoms with E-state index >= 15 is 0 Å². The molecule has 1 fully saturated rings. The van der Waals surface area contributed by atoms with E-state index in [0.29, 0.717) is 19.7 Å². The molecule has 0 bridgehead atoms. The lowest BCUT2D eigenvalue weighted by atomic mass is 9.95. The second-order valence-corrected chi connectivity index (χ2v) is 4.86. The highest BCUT2D eigenvalue weighted by atomic mass is 16.5. The Morgan fingerprint density at radius 1 is 1.50 bits per heavy atom. The Hall–Kier alpha value is -1.41. The SMILES string of the molecule is CC(O)(CN1CCOC(C#N)C1)c1ccccc1. The van der Waals surface area contributed by atoms with E-state index in [-0.39, 0.29) is 6.10 Å². The number of hydrogen-bond donors (Lipinski definition) is 1. The molecule has 1 aliphatic heterocycles. The molecule has 0 radical (unpaired) electrons. The van der Waals surface area contributed by atoms with E-state index in [1.807, 2.05) is 30.3 Å². The molecule has 96 valence electrons. The molecule has 0 amide bonds. The number of aliphatic hydroxyl groups is 1. The number of ether oxygens (including phenoxy) is 1. The van der Waals surface area contributed by atoms with Gasteiger partial charge in [-0.3, -0.25) is 4.90 Å². The monoisotopic (exact) mass is 246 g/mol. The van der Waals surface area contributed by atoms with Crippen molar-refractivity contribution in [1.29, 1.82) is 5.26 Å². The van der Waals surface area contributed by atoms with Crippen molar-refractivity contribution in [2.24, 2.45) is 0 Å². The summed E-state index contributed by atoms with van der Waals surface area (Å²) in [5.74, 6) is 0. The second kappa shape index (κ2) is 5.49. The minimum absolute atomic E-state index is 0.384. The summed E-state index contributed by atoms with van der Waals surface area (Å²) >= 11 is 0. The van der Waals surface area contributed by atoms with Crippen LogP contribution >= 0.6 is 0 Å². The summed E-state index contributed by atoms with van der Waals surface area (Å²) in [6.45, 7) is 4.17. The quantitative estimate of drug-likeness (QED) is 0.868. The van der Waals surface area contributed by atoms with Gasteiger partial charge in [0.25, 0.3) is 0 Å². The van der Waals surface area contributed by atoms with Gasteiger partial charge < -0.3 is 9.84 Å². The number of rotatable bonds is 3. The summed E-state index contributed by atoms with van der Waals surface area (Å²) < 4.78 is 5.29. The third kappa shape index (κ3) is 3.08. The van der Waals surface area contributed by atoms with Gasteiger partial charge in [-0.1, -0.05) is 30.3 Å². The fraction of sp³-hybridized carbons (Fsp3) is 0.500. The maximum absolute atomic E-state index is 10.5. The molecule has 1 aromatic rings. The zero-order valence-electron chi connectivity index (χ0n) is 10.5. The van der Waals surface area contributed by atoms with Crippen LogP contribution in [0, 0.1) is 11.3 Å². The number of nitriles is 1. The van der Waals surface area contributed by atoms with Crippen molar-refractivity contribution in [2.75, 3.05) is 26.2 Å². The number of hydrogen-bond acceptors (Lipinski definition) is 4. The third-order valence-corrected chi connectivity index (χ3v) is 3.22. The molecule has 0 aromatic heterocycles. The van der Waals surface area contributed by atoms with E-state index in [2.05, 4.69) is 11.0 Å². The van der Waals surface area contributed by atoms with Crippen LogP contribution in [0.25, 0.3) is 0 Å². The first-order chi connectivity index (χ1) is 8.62. The molecule has 18 heavy (non-hydrogen) atoms. The van der Waals surface area contributed by atoms with Gasteiger partial charge in [-0.2, -0.15) is 5.26 Å². The van der Waals surface area contributed by atoms with Crippen molar-refractivity contribution in [3.8, 4) is 6.07 Å². The first-order valence-electron chi connectivity index (χ1n) is 6.13. The number of β-amino-alcohol motifs (C(OH)–C–C–N with tert-alkyl or cyclic N) is 1. The summed E-state index contributed by atoms with van der Waals surface area (Å²) in [7, 11) is 0. The van der Waals surface area contributed by atoms with Gasteiger partial charge in [-0.25, -0.2) is 0 Å². The standard InChI is InChI=1S/C14H18N2O2/c1-14(17,12-5-3-2-4-6-12)11-16-7-8-18-13(9-15)10-16/h2-6,13,17H,7-8,10-11H2,1H3. The summed E-state index contributed by atoms with van der Waals surface area (Å²) in [5, 5.41) is 19.4. The Labute approximate surface area is 107 Å². The van der Waals surface area contributed by atoms with Gasteiger partial charge in [0.05, 0.1) is 18.3 Å². The van der Waals surface area contributed by atoms with Gasteiger partial charge >= 0.3 is 0 Å². The number of nitrogens with zero attached hydrogens (tertiary/aromatic N) is 2. The van der Waals surface area contributed by atoms with Gasteiger partial charge in [0.15, 0.2) is 6.10 Å². The lowest BCUT2D eigenvalue weighted by Crippen LogP contribution is -2.47. The highest BCUT2D eigenvalue weighted by molar-refractivity contribution is 5.21. The van der Waals surface area contributed by atoms with Crippen molar-refractivity contribution in [1.82, 2.24) is 4.90 Å². The molecule has 4 nitrogen and oxygen atoms in total. The minimum Gasteiger partial charge on any atom is -0.384 e. The van der Waals surface area contributed by atoms with Crippen molar-refractivity contribution in [3.63, 3.8) is 0 Å². The molecular weight excluding hydrogens is 228 g/mol. The molecule has 1 saturated heterocycles.